The van der Waals surface area contributed by atoms with Crippen LogP contribution in [0.1, 0.15) is 35.7 Å². The summed E-state index contributed by atoms with van der Waals surface area (Å²) in [6.07, 6.45) is 0. The number of halogens is 1. The van der Waals surface area contributed by atoms with Gasteiger partial charge < -0.3 is 14.1 Å². The third-order valence-corrected chi connectivity index (χ3v) is 4.10. The molecule has 0 bridgehead atoms. The number of nitrogens with zero attached hydrogens (tertiary/aromatic N) is 1. The smallest absolute Gasteiger partial charge is 0.255 e. The van der Waals surface area contributed by atoms with Crippen molar-refractivity contribution in [2.75, 3.05) is 7.11 Å². The first-order valence-electron chi connectivity index (χ1n) is 7.12. The molecule has 4 nitrogen and oxygen atoms in total. The molecule has 0 fully saturated rings. The predicted molar refractivity (Wildman–Crippen MR) is 89.1 cm³/mol. The number of ether oxygens (including phenoxy) is 1. The van der Waals surface area contributed by atoms with Crippen LogP contribution in [0.3, 0.4) is 0 Å². The van der Waals surface area contributed by atoms with Gasteiger partial charge in [0.15, 0.2) is 0 Å². The lowest BCUT2D eigenvalue weighted by Gasteiger charge is -2.26. The third kappa shape index (κ3) is 3.71. The maximum atomic E-state index is 12.9. The van der Waals surface area contributed by atoms with Crippen molar-refractivity contribution in [3.8, 4) is 5.75 Å². The average molecular weight is 366 g/mol. The molecule has 118 valence electrons. The molecule has 1 heterocycles. The van der Waals surface area contributed by atoms with E-state index in [1.165, 1.54) is 0 Å². The SMILES string of the molecule is COc1ccc(Br)c(C(=O)N(Cc2ccc(C)o2)C(C)C)c1. The molecule has 1 aromatic heterocycles. The van der Waals surface area contributed by atoms with Gasteiger partial charge in [0.25, 0.3) is 5.91 Å². The number of aryl methyl sites for hydroxylation is 1. The number of carbonyl (C=O) groups excluding carboxylic acids is 1. The molecule has 0 atom stereocenters. The number of benzene rings is 1. The Labute approximate surface area is 139 Å². The molecule has 0 aliphatic carbocycles. The molecule has 0 saturated heterocycles. The summed E-state index contributed by atoms with van der Waals surface area (Å²) in [5, 5.41) is 0. The molecular formula is C17H20BrNO3. The quantitative estimate of drug-likeness (QED) is 0.787. The largest absolute Gasteiger partial charge is 0.497 e. The van der Waals surface area contributed by atoms with E-state index in [4.69, 9.17) is 9.15 Å². The van der Waals surface area contributed by atoms with Gasteiger partial charge in [-0.3, -0.25) is 4.79 Å². The van der Waals surface area contributed by atoms with Crippen molar-refractivity contribution >= 4 is 21.8 Å². The van der Waals surface area contributed by atoms with E-state index in [9.17, 15) is 4.79 Å². The fourth-order valence-corrected chi connectivity index (χ4v) is 2.59. The molecule has 5 heteroatoms. The fraction of sp³-hybridized carbons (Fsp3) is 0.353. The van der Waals surface area contributed by atoms with Crippen LogP contribution < -0.4 is 4.74 Å². The van der Waals surface area contributed by atoms with Gasteiger partial charge in [-0.15, -0.1) is 0 Å². The molecule has 2 aromatic rings. The fourth-order valence-electron chi connectivity index (χ4n) is 2.18. The van der Waals surface area contributed by atoms with Crippen molar-refractivity contribution in [1.82, 2.24) is 4.90 Å². The standard InChI is InChI=1S/C17H20BrNO3/c1-11(2)19(10-14-6-5-12(3)22-14)17(20)15-9-13(21-4)7-8-16(15)18/h5-9,11H,10H2,1-4H3. The molecule has 1 amide bonds. The van der Waals surface area contributed by atoms with Gasteiger partial charge in [-0.25, -0.2) is 0 Å². The summed E-state index contributed by atoms with van der Waals surface area (Å²) >= 11 is 3.44. The summed E-state index contributed by atoms with van der Waals surface area (Å²) in [5.41, 5.74) is 0.580. The van der Waals surface area contributed by atoms with Crippen molar-refractivity contribution in [1.29, 1.82) is 0 Å². The number of amides is 1. The predicted octanol–water partition coefficient (Wildman–Crippen LogP) is 4.41. The van der Waals surface area contributed by atoms with Crippen LogP contribution in [0.15, 0.2) is 39.2 Å². The number of hydrogen-bond donors (Lipinski definition) is 0. The van der Waals surface area contributed by atoms with Gasteiger partial charge in [-0.05, 0) is 67.0 Å². The third-order valence-electron chi connectivity index (χ3n) is 3.41. The van der Waals surface area contributed by atoms with Gasteiger partial charge >= 0.3 is 0 Å². The molecule has 0 aliphatic heterocycles. The number of furan rings is 1. The van der Waals surface area contributed by atoms with E-state index < -0.39 is 0 Å². The van der Waals surface area contributed by atoms with Gasteiger partial charge in [0.2, 0.25) is 0 Å². The van der Waals surface area contributed by atoms with Crippen molar-refractivity contribution in [3.63, 3.8) is 0 Å². The van der Waals surface area contributed by atoms with Gasteiger partial charge in [-0.1, -0.05) is 0 Å². The zero-order valence-corrected chi connectivity index (χ0v) is 14.8. The second-order valence-electron chi connectivity index (χ2n) is 5.38. The molecule has 1 aromatic carbocycles. The topological polar surface area (TPSA) is 42.7 Å². The summed E-state index contributed by atoms with van der Waals surface area (Å²) in [6, 6.07) is 9.24. The Morgan fingerprint density at radius 1 is 1.32 bits per heavy atom. The molecule has 22 heavy (non-hydrogen) atoms. The molecule has 0 spiro atoms. The Hall–Kier alpha value is -1.75. The summed E-state index contributed by atoms with van der Waals surface area (Å²) < 4.78 is 11.6. The molecule has 0 unspecified atom stereocenters. The van der Waals surface area contributed by atoms with E-state index in [1.807, 2.05) is 45.0 Å². The second-order valence-corrected chi connectivity index (χ2v) is 6.24. The Balaban J connectivity index is 2.30. The first-order chi connectivity index (χ1) is 10.4. The minimum atomic E-state index is -0.0603. The molecular weight excluding hydrogens is 346 g/mol. The van der Waals surface area contributed by atoms with E-state index in [0.29, 0.717) is 17.9 Å². The van der Waals surface area contributed by atoms with Crippen molar-refractivity contribution in [2.45, 2.75) is 33.4 Å². The lowest BCUT2D eigenvalue weighted by atomic mass is 10.1. The number of hydrogen-bond acceptors (Lipinski definition) is 3. The second kappa shape index (κ2) is 7.01. The van der Waals surface area contributed by atoms with Crippen LogP contribution in [0.5, 0.6) is 5.75 Å². The number of methoxy groups -OCH3 is 1. The van der Waals surface area contributed by atoms with Crippen LogP contribution in [0.25, 0.3) is 0 Å². The van der Waals surface area contributed by atoms with Crippen LogP contribution in [-0.4, -0.2) is 24.0 Å². The van der Waals surface area contributed by atoms with E-state index in [1.54, 1.807) is 18.1 Å². The maximum Gasteiger partial charge on any atom is 0.255 e. The van der Waals surface area contributed by atoms with Gasteiger partial charge in [0.05, 0.1) is 19.2 Å². The highest BCUT2D eigenvalue weighted by atomic mass is 79.9. The normalized spacial score (nSPS) is 10.8. The van der Waals surface area contributed by atoms with Crippen LogP contribution in [0, 0.1) is 6.92 Å². The lowest BCUT2D eigenvalue weighted by molar-refractivity contribution is 0.0674. The minimum absolute atomic E-state index is 0.0519. The summed E-state index contributed by atoms with van der Waals surface area (Å²) in [4.78, 5) is 14.7. The Morgan fingerprint density at radius 2 is 2.05 bits per heavy atom. The molecule has 0 saturated carbocycles. The van der Waals surface area contributed by atoms with Gasteiger partial charge in [0.1, 0.15) is 17.3 Å². The average Bonchev–Trinajstić information content (AvgIpc) is 2.89. The van der Waals surface area contributed by atoms with E-state index in [-0.39, 0.29) is 11.9 Å². The molecule has 0 N–H and O–H groups in total. The minimum Gasteiger partial charge on any atom is -0.497 e. The van der Waals surface area contributed by atoms with Crippen LogP contribution in [0.2, 0.25) is 0 Å². The van der Waals surface area contributed by atoms with E-state index in [2.05, 4.69) is 15.9 Å². The molecule has 0 aliphatic rings. The first-order valence-corrected chi connectivity index (χ1v) is 7.91. The van der Waals surface area contributed by atoms with Crippen molar-refractivity contribution in [2.24, 2.45) is 0 Å². The lowest BCUT2D eigenvalue weighted by Crippen LogP contribution is -2.36. The number of rotatable bonds is 5. The van der Waals surface area contributed by atoms with Crippen molar-refractivity contribution in [3.05, 3.63) is 51.9 Å². The van der Waals surface area contributed by atoms with E-state index >= 15 is 0 Å². The highest BCUT2D eigenvalue weighted by molar-refractivity contribution is 9.10. The zero-order valence-electron chi connectivity index (χ0n) is 13.2. The summed E-state index contributed by atoms with van der Waals surface area (Å²) in [6.45, 7) is 6.31. The van der Waals surface area contributed by atoms with Crippen molar-refractivity contribution < 1.29 is 13.9 Å². The zero-order chi connectivity index (χ0) is 16.3. The van der Waals surface area contributed by atoms with Gasteiger partial charge in [-0.2, -0.15) is 0 Å². The number of carbonyl (C=O) groups is 1. The van der Waals surface area contributed by atoms with E-state index in [0.717, 1.165) is 16.0 Å². The van der Waals surface area contributed by atoms with Crippen LogP contribution >= 0.6 is 15.9 Å². The highest BCUT2D eigenvalue weighted by Crippen LogP contribution is 2.25. The van der Waals surface area contributed by atoms with Crippen LogP contribution in [-0.2, 0) is 6.54 Å². The summed E-state index contributed by atoms with van der Waals surface area (Å²) in [5.74, 6) is 2.21. The Morgan fingerprint density at radius 3 is 2.59 bits per heavy atom. The molecule has 0 radical (unpaired) electrons. The maximum absolute atomic E-state index is 12.9. The monoisotopic (exact) mass is 365 g/mol. The Bertz CT molecular complexity index is 664. The summed E-state index contributed by atoms with van der Waals surface area (Å²) in [7, 11) is 1.59. The first kappa shape index (κ1) is 16.6. The van der Waals surface area contributed by atoms with Crippen LogP contribution in [0.4, 0.5) is 0 Å². The highest BCUT2D eigenvalue weighted by Gasteiger charge is 2.22. The molecule has 2 rings (SSSR count). The van der Waals surface area contributed by atoms with Gasteiger partial charge in [0, 0.05) is 10.5 Å². The Kier molecular flexibility index (Phi) is 5.29.